The van der Waals surface area contributed by atoms with E-state index in [4.69, 9.17) is 17.3 Å². The molecule has 0 spiro atoms. The maximum Gasteiger partial charge on any atom is 0.127 e. The van der Waals surface area contributed by atoms with Crippen LogP contribution in [0.3, 0.4) is 0 Å². The summed E-state index contributed by atoms with van der Waals surface area (Å²) >= 11 is 6.19. The third kappa shape index (κ3) is 2.28. The monoisotopic (exact) mass is 283 g/mol. The van der Waals surface area contributed by atoms with Gasteiger partial charge in [-0.25, -0.2) is 4.68 Å². The molecule has 0 aliphatic heterocycles. The van der Waals surface area contributed by atoms with Crippen LogP contribution in [0.1, 0.15) is 5.56 Å². The molecule has 1 heterocycles. The predicted octanol–water partition coefficient (Wildman–Crippen LogP) is 4.08. The Morgan fingerprint density at radius 3 is 2.60 bits per heavy atom. The zero-order chi connectivity index (χ0) is 14.1. The Morgan fingerprint density at radius 1 is 1.05 bits per heavy atom. The lowest BCUT2D eigenvalue weighted by Gasteiger charge is -2.05. The second-order valence-corrected chi connectivity index (χ2v) is 5.09. The number of aromatic nitrogens is 2. The van der Waals surface area contributed by atoms with Crippen molar-refractivity contribution in [1.82, 2.24) is 9.78 Å². The van der Waals surface area contributed by atoms with Gasteiger partial charge in [-0.2, -0.15) is 5.10 Å². The molecule has 3 nitrogen and oxygen atoms in total. The van der Waals surface area contributed by atoms with Crippen molar-refractivity contribution in [1.29, 1.82) is 0 Å². The van der Waals surface area contributed by atoms with Gasteiger partial charge in [0.25, 0.3) is 0 Å². The quantitative estimate of drug-likeness (QED) is 0.770. The lowest BCUT2D eigenvalue weighted by atomic mass is 10.1. The molecule has 0 aliphatic carbocycles. The molecule has 3 aromatic rings. The summed E-state index contributed by atoms with van der Waals surface area (Å²) in [5, 5.41) is 5.18. The maximum absolute atomic E-state index is 6.19. The fraction of sp³-hybridized carbons (Fsp3) is 0.0625. The van der Waals surface area contributed by atoms with Crippen molar-refractivity contribution in [3.63, 3.8) is 0 Å². The molecule has 0 amide bonds. The first-order chi connectivity index (χ1) is 9.65. The fourth-order valence-corrected chi connectivity index (χ4v) is 2.37. The molecule has 0 atom stereocenters. The maximum atomic E-state index is 6.19. The molecule has 0 unspecified atom stereocenters. The highest BCUT2D eigenvalue weighted by molar-refractivity contribution is 6.32. The Bertz CT molecular complexity index is 762. The largest absolute Gasteiger partial charge is 0.384 e. The molecule has 4 heteroatoms. The molecule has 2 aromatic carbocycles. The van der Waals surface area contributed by atoms with Crippen LogP contribution in [0, 0.1) is 6.92 Å². The van der Waals surface area contributed by atoms with Gasteiger partial charge in [0.15, 0.2) is 0 Å². The number of nitrogen functional groups attached to an aromatic ring is 1. The molecule has 0 saturated heterocycles. The average molecular weight is 284 g/mol. The highest BCUT2D eigenvalue weighted by Gasteiger charge is 2.10. The van der Waals surface area contributed by atoms with Crippen molar-refractivity contribution in [3.8, 4) is 16.9 Å². The zero-order valence-corrected chi connectivity index (χ0v) is 11.8. The Morgan fingerprint density at radius 2 is 1.85 bits per heavy atom. The van der Waals surface area contributed by atoms with Crippen molar-refractivity contribution in [2.75, 3.05) is 5.73 Å². The van der Waals surface area contributed by atoms with E-state index in [1.54, 1.807) is 4.68 Å². The normalized spacial score (nSPS) is 10.7. The van der Waals surface area contributed by atoms with E-state index in [2.05, 4.69) is 24.2 Å². The van der Waals surface area contributed by atoms with Crippen LogP contribution < -0.4 is 5.73 Å². The minimum atomic E-state index is 0.564. The van der Waals surface area contributed by atoms with E-state index in [0.29, 0.717) is 10.8 Å². The summed E-state index contributed by atoms with van der Waals surface area (Å²) in [6.07, 6.45) is 0. The highest BCUT2D eigenvalue weighted by atomic mass is 35.5. The number of hydrogen-bond donors (Lipinski definition) is 1. The summed E-state index contributed by atoms with van der Waals surface area (Å²) in [6, 6.07) is 17.5. The topological polar surface area (TPSA) is 43.8 Å². The number of para-hydroxylation sites is 1. The molecular weight excluding hydrogens is 270 g/mol. The third-order valence-corrected chi connectivity index (χ3v) is 3.45. The minimum absolute atomic E-state index is 0.564. The Balaban J connectivity index is 2.10. The van der Waals surface area contributed by atoms with Crippen LogP contribution in [-0.4, -0.2) is 9.78 Å². The lowest BCUT2D eigenvalue weighted by molar-refractivity contribution is 0.895. The molecular formula is C16H14ClN3. The summed E-state index contributed by atoms with van der Waals surface area (Å²) in [4.78, 5) is 0. The van der Waals surface area contributed by atoms with Gasteiger partial charge >= 0.3 is 0 Å². The van der Waals surface area contributed by atoms with Gasteiger partial charge in [0.1, 0.15) is 5.82 Å². The van der Waals surface area contributed by atoms with Crippen molar-refractivity contribution < 1.29 is 0 Å². The molecule has 20 heavy (non-hydrogen) atoms. The van der Waals surface area contributed by atoms with Crippen LogP contribution >= 0.6 is 11.6 Å². The van der Waals surface area contributed by atoms with E-state index in [-0.39, 0.29) is 0 Å². The van der Waals surface area contributed by atoms with Gasteiger partial charge in [-0.15, -0.1) is 0 Å². The zero-order valence-electron chi connectivity index (χ0n) is 11.0. The van der Waals surface area contributed by atoms with Gasteiger partial charge in [-0.05, 0) is 25.1 Å². The van der Waals surface area contributed by atoms with Gasteiger partial charge in [0, 0.05) is 11.6 Å². The Hall–Kier alpha value is -2.26. The van der Waals surface area contributed by atoms with Gasteiger partial charge < -0.3 is 5.73 Å². The predicted molar refractivity (Wildman–Crippen MR) is 83.2 cm³/mol. The van der Waals surface area contributed by atoms with E-state index < -0.39 is 0 Å². The van der Waals surface area contributed by atoms with Gasteiger partial charge in [0.05, 0.1) is 16.4 Å². The first-order valence-electron chi connectivity index (χ1n) is 6.32. The number of nitrogens with zero attached hydrogens (tertiary/aromatic N) is 2. The smallest absolute Gasteiger partial charge is 0.127 e. The second-order valence-electron chi connectivity index (χ2n) is 4.69. The number of halogens is 1. The van der Waals surface area contributed by atoms with Crippen molar-refractivity contribution >= 4 is 17.4 Å². The van der Waals surface area contributed by atoms with E-state index >= 15 is 0 Å². The van der Waals surface area contributed by atoms with E-state index in [1.807, 2.05) is 42.5 Å². The molecule has 0 saturated carbocycles. The lowest BCUT2D eigenvalue weighted by Crippen LogP contribution is -2.02. The van der Waals surface area contributed by atoms with E-state index in [0.717, 1.165) is 16.9 Å². The number of rotatable bonds is 2. The van der Waals surface area contributed by atoms with E-state index in [9.17, 15) is 0 Å². The molecule has 100 valence electrons. The SMILES string of the molecule is Cc1cccc(-c2cc(N)n(-c3ccccc3Cl)n2)c1. The molecule has 0 aliphatic rings. The fourth-order valence-electron chi connectivity index (χ4n) is 2.16. The Labute approximate surface area is 122 Å². The summed E-state index contributed by atoms with van der Waals surface area (Å²) in [5.74, 6) is 0.564. The number of anilines is 1. The molecule has 2 N–H and O–H groups in total. The van der Waals surface area contributed by atoms with Crippen LogP contribution in [0.2, 0.25) is 5.02 Å². The van der Waals surface area contributed by atoms with Crippen LogP contribution in [0.25, 0.3) is 16.9 Å². The first-order valence-corrected chi connectivity index (χ1v) is 6.70. The molecule has 0 fully saturated rings. The molecule has 1 aromatic heterocycles. The summed E-state index contributed by atoms with van der Waals surface area (Å²) in [5.41, 5.74) is 9.91. The molecule has 0 bridgehead atoms. The first kappa shape index (κ1) is 12.8. The highest BCUT2D eigenvalue weighted by Crippen LogP contribution is 2.26. The average Bonchev–Trinajstić information content (AvgIpc) is 2.81. The van der Waals surface area contributed by atoms with Crippen LogP contribution in [0.5, 0.6) is 0 Å². The number of benzene rings is 2. The standard InChI is InChI=1S/C16H14ClN3/c1-11-5-4-6-12(9-11)14-10-16(18)20(19-14)15-8-3-2-7-13(15)17/h2-10H,18H2,1H3. The molecule has 3 rings (SSSR count). The summed E-state index contributed by atoms with van der Waals surface area (Å²) in [6.45, 7) is 2.05. The number of nitrogens with two attached hydrogens (primary N) is 1. The number of aryl methyl sites for hydroxylation is 1. The van der Waals surface area contributed by atoms with Gasteiger partial charge in [-0.3, -0.25) is 0 Å². The summed E-state index contributed by atoms with van der Waals surface area (Å²) in [7, 11) is 0. The van der Waals surface area contributed by atoms with Gasteiger partial charge in [-0.1, -0.05) is 47.5 Å². The minimum Gasteiger partial charge on any atom is -0.384 e. The van der Waals surface area contributed by atoms with Gasteiger partial charge in [0.2, 0.25) is 0 Å². The third-order valence-electron chi connectivity index (χ3n) is 3.13. The van der Waals surface area contributed by atoms with Crippen LogP contribution in [0.15, 0.2) is 54.6 Å². The van der Waals surface area contributed by atoms with Crippen molar-refractivity contribution in [2.24, 2.45) is 0 Å². The van der Waals surface area contributed by atoms with Crippen molar-refractivity contribution in [3.05, 3.63) is 65.2 Å². The number of hydrogen-bond acceptors (Lipinski definition) is 2. The van der Waals surface area contributed by atoms with Crippen LogP contribution in [-0.2, 0) is 0 Å². The van der Waals surface area contributed by atoms with Crippen molar-refractivity contribution in [2.45, 2.75) is 6.92 Å². The van der Waals surface area contributed by atoms with E-state index in [1.165, 1.54) is 5.56 Å². The summed E-state index contributed by atoms with van der Waals surface area (Å²) < 4.78 is 1.67. The van der Waals surface area contributed by atoms with Crippen LogP contribution in [0.4, 0.5) is 5.82 Å². The Kier molecular flexibility index (Phi) is 3.20. The second kappa shape index (κ2) is 5.02. The molecule has 0 radical (unpaired) electrons.